The van der Waals surface area contributed by atoms with Crippen LogP contribution in [-0.2, 0) is 9.63 Å². The van der Waals surface area contributed by atoms with E-state index in [4.69, 9.17) is 4.84 Å². The molecule has 0 aromatic heterocycles. The predicted octanol–water partition coefficient (Wildman–Crippen LogP) is 3.45. The van der Waals surface area contributed by atoms with Gasteiger partial charge in [-0.2, -0.15) is 0 Å². The van der Waals surface area contributed by atoms with E-state index >= 15 is 0 Å². The van der Waals surface area contributed by atoms with Gasteiger partial charge < -0.3 is 9.80 Å². The SMILES string of the molecule is Cc1ccc(NOCCCCCC(=O)N2CCC(N(C)C)CC2)cc1. The average Bonchev–Trinajstić information content (AvgIpc) is 2.62. The zero-order valence-corrected chi connectivity index (χ0v) is 16.0. The second-order valence-electron chi connectivity index (χ2n) is 7.20. The van der Waals surface area contributed by atoms with Gasteiger partial charge in [0.15, 0.2) is 0 Å². The number of benzene rings is 1. The summed E-state index contributed by atoms with van der Waals surface area (Å²) in [6, 6.07) is 8.75. The molecule has 1 aromatic rings. The molecule has 0 radical (unpaired) electrons. The fourth-order valence-corrected chi connectivity index (χ4v) is 3.17. The molecule has 0 atom stereocenters. The van der Waals surface area contributed by atoms with E-state index in [2.05, 4.69) is 43.5 Å². The number of carbonyl (C=O) groups is 1. The number of nitrogens with zero attached hydrogens (tertiary/aromatic N) is 2. The molecule has 1 aromatic carbocycles. The van der Waals surface area contributed by atoms with Crippen LogP contribution in [0.25, 0.3) is 0 Å². The molecule has 5 nitrogen and oxygen atoms in total. The van der Waals surface area contributed by atoms with Crippen molar-refractivity contribution in [1.82, 2.24) is 9.80 Å². The second kappa shape index (κ2) is 10.4. The van der Waals surface area contributed by atoms with Gasteiger partial charge in [0.2, 0.25) is 5.91 Å². The van der Waals surface area contributed by atoms with Crippen molar-refractivity contribution in [2.24, 2.45) is 0 Å². The lowest BCUT2D eigenvalue weighted by molar-refractivity contribution is -0.132. The van der Waals surface area contributed by atoms with Crippen molar-refractivity contribution in [3.8, 4) is 0 Å². The third-order valence-corrected chi connectivity index (χ3v) is 4.93. The van der Waals surface area contributed by atoms with Gasteiger partial charge in [-0.3, -0.25) is 15.1 Å². The Hall–Kier alpha value is -1.59. The molecule has 0 spiro atoms. The molecule has 1 aliphatic heterocycles. The highest BCUT2D eigenvalue weighted by Crippen LogP contribution is 2.16. The summed E-state index contributed by atoms with van der Waals surface area (Å²) in [6.07, 6.45) is 5.79. The Morgan fingerprint density at radius 3 is 2.48 bits per heavy atom. The molecule has 5 heteroatoms. The average molecular weight is 348 g/mol. The highest BCUT2D eigenvalue weighted by Gasteiger charge is 2.23. The van der Waals surface area contributed by atoms with Gasteiger partial charge in [0.25, 0.3) is 0 Å². The number of hydrogen-bond acceptors (Lipinski definition) is 4. The van der Waals surface area contributed by atoms with Crippen LogP contribution in [0.3, 0.4) is 0 Å². The Kier molecular flexibility index (Phi) is 8.22. The molecule has 2 rings (SSSR count). The summed E-state index contributed by atoms with van der Waals surface area (Å²) in [4.78, 5) is 22.0. The number of anilines is 1. The van der Waals surface area contributed by atoms with E-state index in [0.717, 1.165) is 50.9 Å². The molecule has 1 heterocycles. The van der Waals surface area contributed by atoms with Crippen LogP contribution in [-0.4, -0.2) is 55.5 Å². The van der Waals surface area contributed by atoms with Crippen LogP contribution < -0.4 is 5.48 Å². The lowest BCUT2D eigenvalue weighted by Gasteiger charge is -2.35. The zero-order chi connectivity index (χ0) is 18.1. The molecule has 140 valence electrons. The number of hydrogen-bond donors (Lipinski definition) is 1. The summed E-state index contributed by atoms with van der Waals surface area (Å²) in [5.74, 6) is 0.316. The number of aryl methyl sites for hydroxylation is 1. The van der Waals surface area contributed by atoms with E-state index in [0.29, 0.717) is 25.0 Å². The first-order chi connectivity index (χ1) is 12.1. The van der Waals surface area contributed by atoms with E-state index in [1.165, 1.54) is 5.56 Å². The molecule has 25 heavy (non-hydrogen) atoms. The minimum atomic E-state index is 0.316. The second-order valence-corrected chi connectivity index (χ2v) is 7.20. The molecule has 0 saturated carbocycles. The standard InChI is InChI=1S/C20H33N3O2/c1-17-8-10-18(11-9-17)21-25-16-6-4-5-7-20(24)23-14-12-19(13-15-23)22(2)3/h8-11,19,21H,4-7,12-16H2,1-3H3. The maximum absolute atomic E-state index is 12.2. The molecule has 0 aliphatic carbocycles. The summed E-state index contributed by atoms with van der Waals surface area (Å²) in [6.45, 7) is 4.54. The highest BCUT2D eigenvalue weighted by atomic mass is 16.6. The summed E-state index contributed by atoms with van der Waals surface area (Å²) in [5, 5.41) is 0. The van der Waals surface area contributed by atoms with Crippen LogP contribution in [0.15, 0.2) is 24.3 Å². The van der Waals surface area contributed by atoms with Crippen LogP contribution in [0.4, 0.5) is 5.69 Å². The van der Waals surface area contributed by atoms with Gasteiger partial charge in [0, 0.05) is 25.6 Å². The van der Waals surface area contributed by atoms with Crippen molar-refractivity contribution in [3.63, 3.8) is 0 Å². The van der Waals surface area contributed by atoms with Crippen molar-refractivity contribution in [1.29, 1.82) is 0 Å². The van der Waals surface area contributed by atoms with E-state index in [-0.39, 0.29) is 0 Å². The number of piperidine rings is 1. The fraction of sp³-hybridized carbons (Fsp3) is 0.650. The molecule has 1 amide bonds. The summed E-state index contributed by atoms with van der Waals surface area (Å²) in [7, 11) is 4.25. The van der Waals surface area contributed by atoms with Crippen molar-refractivity contribution >= 4 is 11.6 Å². The number of rotatable bonds is 9. The number of carbonyl (C=O) groups excluding carboxylic acids is 1. The van der Waals surface area contributed by atoms with E-state index in [1.807, 2.05) is 17.0 Å². The molecule has 1 N–H and O–H groups in total. The van der Waals surface area contributed by atoms with Gasteiger partial charge >= 0.3 is 0 Å². The summed E-state index contributed by atoms with van der Waals surface area (Å²) < 4.78 is 0. The quantitative estimate of drug-likeness (QED) is 0.549. The maximum Gasteiger partial charge on any atom is 0.222 e. The zero-order valence-electron chi connectivity index (χ0n) is 16.0. The molecule has 1 saturated heterocycles. The van der Waals surface area contributed by atoms with E-state index < -0.39 is 0 Å². The lowest BCUT2D eigenvalue weighted by Crippen LogP contribution is -2.44. The third kappa shape index (κ3) is 7.04. The number of unbranched alkanes of at least 4 members (excludes halogenated alkanes) is 2. The van der Waals surface area contributed by atoms with Crippen molar-refractivity contribution < 1.29 is 9.63 Å². The fourth-order valence-electron chi connectivity index (χ4n) is 3.17. The van der Waals surface area contributed by atoms with Gasteiger partial charge in [-0.15, -0.1) is 0 Å². The smallest absolute Gasteiger partial charge is 0.222 e. The Labute approximate surface area is 152 Å². The molecule has 0 unspecified atom stereocenters. The molecule has 1 fully saturated rings. The van der Waals surface area contributed by atoms with Crippen LogP contribution in [0, 0.1) is 6.92 Å². The minimum Gasteiger partial charge on any atom is -0.343 e. The number of nitrogens with one attached hydrogen (secondary N) is 1. The van der Waals surface area contributed by atoms with Crippen LogP contribution in [0.5, 0.6) is 0 Å². The predicted molar refractivity (Wildman–Crippen MR) is 103 cm³/mol. The number of likely N-dealkylation sites (tertiary alicyclic amines) is 1. The van der Waals surface area contributed by atoms with Gasteiger partial charge in [0.1, 0.15) is 0 Å². The first-order valence-electron chi connectivity index (χ1n) is 9.45. The topological polar surface area (TPSA) is 44.8 Å². The first kappa shape index (κ1) is 19.7. The van der Waals surface area contributed by atoms with Gasteiger partial charge in [-0.1, -0.05) is 24.1 Å². The first-order valence-corrected chi connectivity index (χ1v) is 9.45. The van der Waals surface area contributed by atoms with Crippen molar-refractivity contribution in [2.75, 3.05) is 39.3 Å². The Morgan fingerprint density at radius 1 is 1.16 bits per heavy atom. The third-order valence-electron chi connectivity index (χ3n) is 4.93. The molecule has 1 aliphatic rings. The van der Waals surface area contributed by atoms with Crippen molar-refractivity contribution in [2.45, 2.75) is 51.5 Å². The van der Waals surface area contributed by atoms with Gasteiger partial charge in [-0.25, -0.2) is 0 Å². The Balaban J connectivity index is 1.49. The van der Waals surface area contributed by atoms with Crippen molar-refractivity contribution in [3.05, 3.63) is 29.8 Å². The Bertz CT molecular complexity index is 508. The summed E-state index contributed by atoms with van der Waals surface area (Å²) in [5.41, 5.74) is 5.17. The van der Waals surface area contributed by atoms with Crippen LogP contribution in [0.2, 0.25) is 0 Å². The van der Waals surface area contributed by atoms with Gasteiger partial charge in [-0.05, 0) is 58.8 Å². The highest BCUT2D eigenvalue weighted by molar-refractivity contribution is 5.76. The largest absolute Gasteiger partial charge is 0.343 e. The normalized spacial score (nSPS) is 15.6. The summed E-state index contributed by atoms with van der Waals surface area (Å²) >= 11 is 0. The van der Waals surface area contributed by atoms with Crippen LogP contribution >= 0.6 is 0 Å². The molecular weight excluding hydrogens is 314 g/mol. The molecule has 0 bridgehead atoms. The maximum atomic E-state index is 12.2. The minimum absolute atomic E-state index is 0.316. The number of amides is 1. The van der Waals surface area contributed by atoms with Crippen LogP contribution in [0.1, 0.15) is 44.1 Å². The van der Waals surface area contributed by atoms with Gasteiger partial charge in [0.05, 0.1) is 12.3 Å². The van der Waals surface area contributed by atoms with E-state index in [1.54, 1.807) is 0 Å². The van der Waals surface area contributed by atoms with E-state index in [9.17, 15) is 4.79 Å². The lowest BCUT2D eigenvalue weighted by atomic mass is 10.0. The molecular formula is C20H33N3O2. The monoisotopic (exact) mass is 347 g/mol. The Morgan fingerprint density at radius 2 is 1.84 bits per heavy atom.